The fraction of sp³-hybridized carbons (Fsp3) is 0.476. The van der Waals surface area contributed by atoms with Crippen molar-refractivity contribution in [1.29, 1.82) is 0 Å². The van der Waals surface area contributed by atoms with Crippen LogP contribution >= 0.6 is 11.3 Å². The predicted molar refractivity (Wildman–Crippen MR) is 103 cm³/mol. The van der Waals surface area contributed by atoms with Crippen molar-refractivity contribution in [2.24, 2.45) is 5.41 Å². The van der Waals surface area contributed by atoms with Gasteiger partial charge >= 0.3 is 0 Å². The van der Waals surface area contributed by atoms with Crippen LogP contribution in [0.2, 0.25) is 0 Å². The molecule has 0 unspecified atom stereocenters. The van der Waals surface area contributed by atoms with E-state index >= 15 is 0 Å². The van der Waals surface area contributed by atoms with Crippen LogP contribution < -0.4 is 0 Å². The lowest BCUT2D eigenvalue weighted by atomic mass is 9.71. The Morgan fingerprint density at radius 1 is 1.00 bits per heavy atom. The Hall–Kier alpha value is -1.72. The average molecular weight is 373 g/mol. The summed E-state index contributed by atoms with van der Waals surface area (Å²) in [5, 5.41) is 3.91. The number of piperidine rings is 2. The molecule has 26 heavy (non-hydrogen) atoms. The molecular weight excluding hydrogens is 347 g/mol. The summed E-state index contributed by atoms with van der Waals surface area (Å²) in [6, 6.07) is 8.77. The number of carbonyl (C=O) groups is 1. The summed E-state index contributed by atoms with van der Waals surface area (Å²) in [7, 11) is 0. The molecule has 0 radical (unpaired) electrons. The number of likely N-dealkylation sites (tertiary alicyclic amines) is 2. The third kappa shape index (κ3) is 3.84. The zero-order valence-corrected chi connectivity index (χ0v) is 15.8. The van der Waals surface area contributed by atoms with Gasteiger partial charge in [-0.1, -0.05) is 12.1 Å². The molecule has 2 aliphatic rings. The molecule has 0 N–H and O–H groups in total. The molecule has 0 aliphatic carbocycles. The monoisotopic (exact) mass is 372 g/mol. The number of thiophene rings is 1. The minimum atomic E-state index is -0.171. The van der Waals surface area contributed by atoms with E-state index in [4.69, 9.17) is 0 Å². The Balaban J connectivity index is 1.28. The van der Waals surface area contributed by atoms with Crippen LogP contribution in [0.3, 0.4) is 0 Å². The molecule has 2 aromatic rings. The Kier molecular flexibility index (Phi) is 5.09. The normalized spacial score (nSPS) is 20.4. The molecule has 1 spiro atoms. The predicted octanol–water partition coefficient (Wildman–Crippen LogP) is 4.41. The van der Waals surface area contributed by atoms with Gasteiger partial charge in [-0.15, -0.1) is 0 Å². The van der Waals surface area contributed by atoms with E-state index in [1.807, 2.05) is 33.9 Å². The fourth-order valence-corrected chi connectivity index (χ4v) is 4.92. The number of nitrogens with zero attached hydrogens (tertiary/aromatic N) is 2. The van der Waals surface area contributed by atoms with E-state index in [2.05, 4.69) is 4.90 Å². The first-order valence-electron chi connectivity index (χ1n) is 9.42. The highest BCUT2D eigenvalue weighted by atomic mass is 32.1. The second kappa shape index (κ2) is 7.49. The zero-order valence-electron chi connectivity index (χ0n) is 15.0. The number of halogens is 1. The van der Waals surface area contributed by atoms with Crippen molar-refractivity contribution in [3.8, 4) is 0 Å². The molecule has 3 nitrogen and oxygen atoms in total. The summed E-state index contributed by atoms with van der Waals surface area (Å²) < 4.78 is 13.0. The first-order valence-corrected chi connectivity index (χ1v) is 10.4. The zero-order chi connectivity index (χ0) is 18.0. The van der Waals surface area contributed by atoms with E-state index in [0.29, 0.717) is 5.41 Å². The SMILES string of the molecule is O=C(c1ccsc1)N1CCC2(CCN(Cc3ccc(F)cc3)CC2)CC1. The minimum absolute atomic E-state index is 0.171. The molecule has 138 valence electrons. The molecule has 0 bridgehead atoms. The summed E-state index contributed by atoms with van der Waals surface area (Å²) in [4.78, 5) is 17.0. The maximum atomic E-state index is 13.0. The summed E-state index contributed by atoms with van der Waals surface area (Å²) in [5.74, 6) is 0.0185. The lowest BCUT2D eigenvalue weighted by Gasteiger charge is -2.47. The third-order valence-electron chi connectivity index (χ3n) is 6.12. The average Bonchev–Trinajstić information content (AvgIpc) is 3.21. The van der Waals surface area contributed by atoms with Crippen molar-refractivity contribution in [3.63, 3.8) is 0 Å². The largest absolute Gasteiger partial charge is 0.339 e. The Morgan fingerprint density at radius 2 is 1.65 bits per heavy atom. The van der Waals surface area contributed by atoms with Crippen molar-refractivity contribution in [1.82, 2.24) is 9.80 Å². The van der Waals surface area contributed by atoms with Gasteiger partial charge in [-0.2, -0.15) is 11.3 Å². The maximum Gasteiger partial charge on any atom is 0.254 e. The molecule has 1 amide bonds. The van der Waals surface area contributed by atoms with Crippen LogP contribution in [0.25, 0.3) is 0 Å². The number of hydrogen-bond acceptors (Lipinski definition) is 3. The molecule has 0 saturated carbocycles. The lowest BCUT2D eigenvalue weighted by molar-refractivity contribution is 0.0285. The van der Waals surface area contributed by atoms with Gasteiger partial charge in [-0.05, 0) is 73.3 Å². The standard InChI is InChI=1S/C21H25FN2OS/c22-19-3-1-17(2-4-19)15-23-10-6-21(7-11-23)8-12-24(13-9-21)20(25)18-5-14-26-16-18/h1-5,14,16H,6-13,15H2. The van der Waals surface area contributed by atoms with Crippen LogP contribution in [0.4, 0.5) is 4.39 Å². The van der Waals surface area contributed by atoms with E-state index in [1.165, 1.54) is 18.4 Å². The van der Waals surface area contributed by atoms with E-state index in [0.717, 1.165) is 51.1 Å². The summed E-state index contributed by atoms with van der Waals surface area (Å²) >= 11 is 1.58. The van der Waals surface area contributed by atoms with Crippen molar-refractivity contribution in [3.05, 3.63) is 58.0 Å². The number of benzene rings is 1. The van der Waals surface area contributed by atoms with Crippen molar-refractivity contribution < 1.29 is 9.18 Å². The Morgan fingerprint density at radius 3 is 2.27 bits per heavy atom. The number of amides is 1. The quantitative estimate of drug-likeness (QED) is 0.797. The van der Waals surface area contributed by atoms with Gasteiger partial charge in [0.1, 0.15) is 5.82 Å². The van der Waals surface area contributed by atoms with Gasteiger partial charge in [0.25, 0.3) is 5.91 Å². The Labute approximate surface area is 158 Å². The van der Waals surface area contributed by atoms with Gasteiger partial charge in [0, 0.05) is 25.0 Å². The van der Waals surface area contributed by atoms with Gasteiger partial charge in [-0.3, -0.25) is 9.69 Å². The highest BCUT2D eigenvalue weighted by molar-refractivity contribution is 7.08. The number of rotatable bonds is 3. The van der Waals surface area contributed by atoms with Crippen LogP contribution in [0.5, 0.6) is 0 Å². The van der Waals surface area contributed by atoms with Gasteiger partial charge in [0.2, 0.25) is 0 Å². The van der Waals surface area contributed by atoms with E-state index in [9.17, 15) is 9.18 Å². The first-order chi connectivity index (χ1) is 12.6. The van der Waals surface area contributed by atoms with Crippen LogP contribution in [0.15, 0.2) is 41.1 Å². The molecule has 2 fully saturated rings. The molecule has 2 saturated heterocycles. The van der Waals surface area contributed by atoms with Crippen LogP contribution in [-0.2, 0) is 6.54 Å². The molecule has 0 atom stereocenters. The lowest BCUT2D eigenvalue weighted by Crippen LogP contribution is -2.48. The summed E-state index contributed by atoms with van der Waals surface area (Å²) in [5.41, 5.74) is 2.42. The maximum absolute atomic E-state index is 13.0. The molecule has 1 aromatic heterocycles. The van der Waals surface area contributed by atoms with Gasteiger partial charge in [0.15, 0.2) is 0 Å². The van der Waals surface area contributed by atoms with E-state index < -0.39 is 0 Å². The molecule has 5 heteroatoms. The molecule has 2 aliphatic heterocycles. The molecule has 3 heterocycles. The fourth-order valence-electron chi connectivity index (χ4n) is 4.29. The van der Waals surface area contributed by atoms with Crippen molar-refractivity contribution >= 4 is 17.2 Å². The number of carbonyl (C=O) groups excluding carboxylic acids is 1. The topological polar surface area (TPSA) is 23.6 Å². The highest BCUT2D eigenvalue weighted by Gasteiger charge is 2.38. The summed E-state index contributed by atoms with van der Waals surface area (Å²) in [6.45, 7) is 4.85. The summed E-state index contributed by atoms with van der Waals surface area (Å²) in [6.07, 6.45) is 4.64. The second-order valence-corrected chi connectivity index (χ2v) is 8.49. The third-order valence-corrected chi connectivity index (χ3v) is 6.80. The van der Waals surface area contributed by atoms with Gasteiger partial charge in [-0.25, -0.2) is 4.39 Å². The first kappa shape index (κ1) is 17.7. The minimum Gasteiger partial charge on any atom is -0.339 e. The second-order valence-electron chi connectivity index (χ2n) is 7.71. The molecular formula is C21H25FN2OS. The van der Waals surface area contributed by atoms with Gasteiger partial charge < -0.3 is 4.90 Å². The molecule has 1 aromatic carbocycles. The van der Waals surface area contributed by atoms with Crippen LogP contribution in [0, 0.1) is 11.2 Å². The highest BCUT2D eigenvalue weighted by Crippen LogP contribution is 2.41. The number of hydrogen-bond donors (Lipinski definition) is 0. The van der Waals surface area contributed by atoms with Crippen molar-refractivity contribution in [2.45, 2.75) is 32.2 Å². The van der Waals surface area contributed by atoms with Crippen LogP contribution in [-0.4, -0.2) is 41.9 Å². The smallest absolute Gasteiger partial charge is 0.254 e. The van der Waals surface area contributed by atoms with Crippen LogP contribution in [0.1, 0.15) is 41.6 Å². The van der Waals surface area contributed by atoms with Crippen molar-refractivity contribution in [2.75, 3.05) is 26.2 Å². The Bertz CT molecular complexity index is 726. The molecule has 4 rings (SSSR count). The van der Waals surface area contributed by atoms with E-state index in [1.54, 1.807) is 23.5 Å². The van der Waals surface area contributed by atoms with E-state index in [-0.39, 0.29) is 11.7 Å². The van der Waals surface area contributed by atoms with Gasteiger partial charge in [0.05, 0.1) is 5.56 Å².